The van der Waals surface area contributed by atoms with Gasteiger partial charge in [-0.25, -0.2) is 8.78 Å². The highest BCUT2D eigenvalue weighted by atomic mass is 19.3. The summed E-state index contributed by atoms with van der Waals surface area (Å²) in [6, 6.07) is 0. The summed E-state index contributed by atoms with van der Waals surface area (Å²) < 4.78 is 24.2. The zero-order valence-corrected chi connectivity index (χ0v) is 7.70. The monoisotopic (exact) mass is 203 g/mol. The van der Waals surface area contributed by atoms with E-state index in [2.05, 4.69) is 0 Å². The molecule has 5 heteroatoms. The molecule has 1 N–H and O–H groups in total. The quantitative estimate of drug-likeness (QED) is 0.739. The first kappa shape index (κ1) is 10.7. The molecule has 1 aliphatic heterocycles. The molecular formula is C9H11F2NO2. The van der Waals surface area contributed by atoms with Gasteiger partial charge in [0.15, 0.2) is 5.76 Å². The second-order valence-electron chi connectivity index (χ2n) is 3.00. The van der Waals surface area contributed by atoms with Crippen LogP contribution in [0.15, 0.2) is 23.6 Å². The minimum absolute atomic E-state index is 0.195. The summed E-state index contributed by atoms with van der Waals surface area (Å²) in [5.74, 6) is -1.00. The molecule has 0 aromatic carbocycles. The summed E-state index contributed by atoms with van der Waals surface area (Å²) >= 11 is 0. The Labute approximate surface area is 80.3 Å². The third kappa shape index (κ3) is 2.31. The third-order valence-corrected chi connectivity index (χ3v) is 2.00. The van der Waals surface area contributed by atoms with E-state index in [9.17, 15) is 18.7 Å². The van der Waals surface area contributed by atoms with Gasteiger partial charge in [0.1, 0.15) is 0 Å². The number of alkyl halides is 2. The van der Waals surface area contributed by atoms with E-state index in [-0.39, 0.29) is 12.2 Å². The van der Waals surface area contributed by atoms with Crippen molar-refractivity contribution in [2.45, 2.75) is 13.3 Å². The molecule has 0 saturated heterocycles. The van der Waals surface area contributed by atoms with Gasteiger partial charge >= 0.3 is 0 Å². The van der Waals surface area contributed by atoms with Crippen LogP contribution in [0.2, 0.25) is 0 Å². The minimum atomic E-state index is -2.49. The second-order valence-corrected chi connectivity index (χ2v) is 3.00. The first-order valence-electron chi connectivity index (χ1n) is 4.16. The Balaban J connectivity index is 2.87. The van der Waals surface area contributed by atoms with Crippen LogP contribution in [0.25, 0.3) is 0 Å². The topological polar surface area (TPSA) is 40.5 Å². The number of allylic oxidation sites excluding steroid dienone is 2. The van der Waals surface area contributed by atoms with Crippen LogP contribution in [0.5, 0.6) is 0 Å². The maximum Gasteiger partial charge on any atom is 0.255 e. The van der Waals surface area contributed by atoms with Crippen LogP contribution in [-0.4, -0.2) is 35.3 Å². The molecule has 1 heterocycles. The fourth-order valence-electron chi connectivity index (χ4n) is 1.21. The van der Waals surface area contributed by atoms with E-state index >= 15 is 0 Å². The van der Waals surface area contributed by atoms with Crippen LogP contribution < -0.4 is 0 Å². The van der Waals surface area contributed by atoms with Crippen molar-refractivity contribution in [2.24, 2.45) is 0 Å². The lowest BCUT2D eigenvalue weighted by Crippen LogP contribution is -2.28. The van der Waals surface area contributed by atoms with Gasteiger partial charge < -0.3 is 10.0 Å². The normalized spacial score (nSPS) is 18.0. The Morgan fingerprint density at radius 2 is 2.29 bits per heavy atom. The molecule has 0 aromatic heterocycles. The molecule has 14 heavy (non-hydrogen) atoms. The number of hydrogen-bond donors (Lipinski definition) is 1. The molecule has 3 nitrogen and oxygen atoms in total. The summed E-state index contributed by atoms with van der Waals surface area (Å²) in [5, 5.41) is 9.30. The number of nitrogens with zero attached hydrogens (tertiary/aromatic N) is 1. The Kier molecular flexibility index (Phi) is 3.22. The summed E-state index contributed by atoms with van der Waals surface area (Å²) in [6.07, 6.45) is 0.154. The maximum absolute atomic E-state index is 12.1. The summed E-state index contributed by atoms with van der Waals surface area (Å²) in [5.41, 5.74) is 0.195. The third-order valence-electron chi connectivity index (χ3n) is 2.00. The Bertz CT molecular complexity index is 297. The number of aliphatic hydroxyl groups excluding tert-OH is 1. The Hall–Kier alpha value is -1.39. The molecule has 0 radical (unpaired) electrons. The van der Waals surface area contributed by atoms with Gasteiger partial charge in [-0.2, -0.15) is 0 Å². The molecule has 0 fully saturated rings. The molecule has 78 valence electrons. The lowest BCUT2D eigenvalue weighted by Gasteiger charge is -2.22. The van der Waals surface area contributed by atoms with Crippen molar-refractivity contribution in [1.82, 2.24) is 4.90 Å². The van der Waals surface area contributed by atoms with Crippen LogP contribution in [-0.2, 0) is 4.79 Å². The van der Waals surface area contributed by atoms with Gasteiger partial charge in [-0.1, -0.05) is 6.08 Å². The van der Waals surface area contributed by atoms with Gasteiger partial charge in [0, 0.05) is 6.54 Å². The molecule has 1 aliphatic rings. The number of aliphatic hydroxyl groups is 1. The zero-order chi connectivity index (χ0) is 10.7. The van der Waals surface area contributed by atoms with E-state index in [1.54, 1.807) is 0 Å². The highest BCUT2D eigenvalue weighted by Crippen LogP contribution is 2.14. The fourth-order valence-corrected chi connectivity index (χ4v) is 1.21. The van der Waals surface area contributed by atoms with Crippen LogP contribution in [0.3, 0.4) is 0 Å². The van der Waals surface area contributed by atoms with Gasteiger partial charge in [-0.05, 0) is 13.0 Å². The predicted molar refractivity (Wildman–Crippen MR) is 47.1 cm³/mol. The SMILES string of the molecule is CC1=C(O)C(=O)C=CCN1CC(F)F. The van der Waals surface area contributed by atoms with Crippen molar-refractivity contribution in [1.29, 1.82) is 0 Å². The fraction of sp³-hybridized carbons (Fsp3) is 0.444. The molecule has 1 rings (SSSR count). The largest absolute Gasteiger partial charge is 0.503 e. The number of carbonyl (C=O) groups excluding carboxylic acids is 1. The number of hydrogen-bond acceptors (Lipinski definition) is 3. The van der Waals surface area contributed by atoms with Crippen molar-refractivity contribution >= 4 is 5.78 Å². The smallest absolute Gasteiger partial charge is 0.255 e. The van der Waals surface area contributed by atoms with Crippen molar-refractivity contribution in [3.05, 3.63) is 23.6 Å². The van der Waals surface area contributed by atoms with Crippen molar-refractivity contribution in [3.8, 4) is 0 Å². The molecule has 0 amide bonds. The molecule has 0 atom stereocenters. The maximum atomic E-state index is 12.1. The minimum Gasteiger partial charge on any atom is -0.503 e. The standard InChI is InChI=1S/C9H11F2NO2/c1-6-9(14)7(13)3-2-4-12(6)5-8(10)11/h2-3,8,14H,4-5H2,1H3. The first-order chi connectivity index (χ1) is 6.52. The second kappa shape index (κ2) is 4.21. The number of carbonyl (C=O) groups is 1. The number of rotatable bonds is 2. The van der Waals surface area contributed by atoms with Crippen molar-refractivity contribution in [3.63, 3.8) is 0 Å². The van der Waals surface area contributed by atoms with Gasteiger partial charge in [-0.15, -0.1) is 0 Å². The lowest BCUT2D eigenvalue weighted by molar-refractivity contribution is -0.113. The van der Waals surface area contributed by atoms with E-state index in [4.69, 9.17) is 0 Å². The van der Waals surface area contributed by atoms with E-state index in [0.717, 1.165) is 0 Å². The number of ketones is 1. The van der Waals surface area contributed by atoms with E-state index in [0.29, 0.717) is 0 Å². The summed E-state index contributed by atoms with van der Waals surface area (Å²) in [4.78, 5) is 12.3. The predicted octanol–water partition coefficient (Wildman–Crippen LogP) is 1.48. The van der Waals surface area contributed by atoms with Crippen LogP contribution >= 0.6 is 0 Å². The Morgan fingerprint density at radius 1 is 1.64 bits per heavy atom. The van der Waals surface area contributed by atoms with Crippen LogP contribution in [0, 0.1) is 0 Å². The van der Waals surface area contributed by atoms with Crippen LogP contribution in [0.1, 0.15) is 6.92 Å². The lowest BCUT2D eigenvalue weighted by atomic mass is 10.2. The highest BCUT2D eigenvalue weighted by Gasteiger charge is 2.19. The Morgan fingerprint density at radius 3 is 2.86 bits per heavy atom. The van der Waals surface area contributed by atoms with E-state index < -0.39 is 24.5 Å². The van der Waals surface area contributed by atoms with Gasteiger partial charge in [0.2, 0.25) is 5.78 Å². The zero-order valence-electron chi connectivity index (χ0n) is 7.70. The highest BCUT2D eigenvalue weighted by molar-refractivity contribution is 6.02. The molecule has 0 unspecified atom stereocenters. The van der Waals surface area contributed by atoms with Crippen molar-refractivity contribution < 1.29 is 18.7 Å². The van der Waals surface area contributed by atoms with E-state index in [1.807, 2.05) is 0 Å². The van der Waals surface area contributed by atoms with Gasteiger partial charge in [0.05, 0.1) is 12.2 Å². The number of halogens is 2. The molecule has 0 aromatic rings. The van der Waals surface area contributed by atoms with Crippen molar-refractivity contribution in [2.75, 3.05) is 13.1 Å². The average Bonchev–Trinajstić information content (AvgIpc) is 2.21. The average molecular weight is 203 g/mol. The van der Waals surface area contributed by atoms with Crippen LogP contribution in [0.4, 0.5) is 8.78 Å². The van der Waals surface area contributed by atoms with Gasteiger partial charge in [-0.3, -0.25) is 4.79 Å². The summed E-state index contributed by atoms with van der Waals surface area (Å²) in [7, 11) is 0. The molecule has 0 bridgehead atoms. The molecular weight excluding hydrogens is 192 g/mol. The molecule has 0 saturated carbocycles. The van der Waals surface area contributed by atoms with Gasteiger partial charge in [0.25, 0.3) is 6.43 Å². The first-order valence-corrected chi connectivity index (χ1v) is 4.16. The summed E-state index contributed by atoms with van der Waals surface area (Å²) in [6.45, 7) is 1.18. The molecule has 0 spiro atoms. The van der Waals surface area contributed by atoms with E-state index in [1.165, 1.54) is 24.0 Å². The molecule has 0 aliphatic carbocycles.